The first-order chi connectivity index (χ1) is 11.8. The lowest BCUT2D eigenvalue weighted by molar-refractivity contribution is -0.122. The van der Waals surface area contributed by atoms with Gasteiger partial charge in [-0.3, -0.25) is 18.8 Å². The van der Waals surface area contributed by atoms with Crippen LogP contribution in [0.3, 0.4) is 0 Å². The van der Waals surface area contributed by atoms with E-state index in [0.29, 0.717) is 12.8 Å². The number of hydrogen-bond donors (Lipinski definition) is 3. The van der Waals surface area contributed by atoms with E-state index >= 15 is 0 Å². The first-order valence-electron chi connectivity index (χ1n) is 8.08. The molecule has 1 fully saturated rings. The number of rotatable bonds is 5. The summed E-state index contributed by atoms with van der Waals surface area (Å²) in [6.45, 7) is 0. The number of carbonyl (C=O) groups excluding carboxylic acids is 1. The maximum absolute atomic E-state index is 12.4. The molecule has 0 aliphatic heterocycles. The Morgan fingerprint density at radius 1 is 1.44 bits per heavy atom. The number of nitrogens with zero attached hydrogens (tertiary/aromatic N) is 3. The molecule has 0 unspecified atom stereocenters. The molecule has 1 saturated carbocycles. The van der Waals surface area contributed by atoms with Crippen LogP contribution in [0.4, 0.5) is 0 Å². The Kier molecular flexibility index (Phi) is 4.58. The van der Waals surface area contributed by atoms with E-state index < -0.39 is 11.2 Å². The van der Waals surface area contributed by atoms with Gasteiger partial charge >= 0.3 is 5.69 Å². The second-order valence-corrected chi connectivity index (χ2v) is 6.54. The summed E-state index contributed by atoms with van der Waals surface area (Å²) < 4.78 is 2.59. The van der Waals surface area contributed by atoms with Crippen LogP contribution in [0.2, 0.25) is 0 Å². The summed E-state index contributed by atoms with van der Waals surface area (Å²) in [5, 5.41) is 16.6. The van der Waals surface area contributed by atoms with Crippen molar-refractivity contribution in [2.24, 2.45) is 20.0 Å². The molecule has 1 atom stereocenters. The minimum atomic E-state index is -0.522. The molecule has 1 aliphatic carbocycles. The summed E-state index contributed by atoms with van der Waals surface area (Å²) in [5.41, 5.74) is 0.0713. The third-order valence-electron chi connectivity index (χ3n) is 4.63. The van der Waals surface area contributed by atoms with Crippen LogP contribution in [0, 0.1) is 5.92 Å². The van der Waals surface area contributed by atoms with Gasteiger partial charge in [-0.15, -0.1) is 0 Å². The van der Waals surface area contributed by atoms with E-state index in [-0.39, 0.29) is 36.0 Å². The van der Waals surface area contributed by atoms with Crippen molar-refractivity contribution in [1.82, 2.24) is 24.6 Å². The zero-order valence-electron chi connectivity index (χ0n) is 14.1. The van der Waals surface area contributed by atoms with Gasteiger partial charge < -0.3 is 15.4 Å². The maximum atomic E-state index is 12.4. The second-order valence-electron chi connectivity index (χ2n) is 6.54. The predicted molar refractivity (Wildman–Crippen MR) is 88.8 cm³/mol. The molecule has 2 heterocycles. The summed E-state index contributed by atoms with van der Waals surface area (Å²) in [6, 6.07) is -0.267. The zero-order chi connectivity index (χ0) is 18.1. The molecule has 25 heavy (non-hydrogen) atoms. The van der Waals surface area contributed by atoms with Crippen molar-refractivity contribution in [2.75, 3.05) is 0 Å². The highest BCUT2D eigenvalue weighted by Gasteiger charge is 2.36. The number of aryl methyl sites for hydroxylation is 1. The van der Waals surface area contributed by atoms with Crippen molar-refractivity contribution in [3.05, 3.63) is 50.6 Å². The Labute approximate surface area is 143 Å². The van der Waals surface area contributed by atoms with E-state index in [1.54, 1.807) is 17.9 Å². The zero-order valence-corrected chi connectivity index (χ0v) is 14.1. The fourth-order valence-corrected chi connectivity index (χ4v) is 3.12. The number of aliphatic hydroxyl groups excluding tert-OH is 1. The Morgan fingerprint density at radius 2 is 2.16 bits per heavy atom. The number of aliphatic hydroxyl groups is 1. The van der Waals surface area contributed by atoms with Crippen LogP contribution < -0.4 is 16.6 Å². The van der Waals surface area contributed by atoms with Gasteiger partial charge in [0.05, 0.1) is 24.8 Å². The fourth-order valence-electron chi connectivity index (χ4n) is 3.12. The van der Waals surface area contributed by atoms with E-state index in [9.17, 15) is 19.5 Å². The van der Waals surface area contributed by atoms with Crippen LogP contribution >= 0.6 is 0 Å². The largest absolute Gasteiger partial charge is 0.393 e. The fraction of sp³-hybridized carbons (Fsp3) is 0.500. The smallest absolute Gasteiger partial charge is 0.328 e. The van der Waals surface area contributed by atoms with Crippen molar-refractivity contribution in [1.29, 1.82) is 0 Å². The van der Waals surface area contributed by atoms with Crippen molar-refractivity contribution < 1.29 is 9.90 Å². The molecule has 2 aromatic heterocycles. The number of amides is 1. The van der Waals surface area contributed by atoms with Crippen LogP contribution in [0.25, 0.3) is 0 Å². The normalized spacial score (nSPS) is 20.8. The van der Waals surface area contributed by atoms with E-state index in [0.717, 1.165) is 10.1 Å². The van der Waals surface area contributed by atoms with E-state index in [2.05, 4.69) is 15.4 Å². The van der Waals surface area contributed by atoms with Crippen LogP contribution in [-0.2, 0) is 25.3 Å². The predicted octanol–water partition coefficient (Wildman–Crippen LogP) is -1.02. The minimum Gasteiger partial charge on any atom is -0.393 e. The third kappa shape index (κ3) is 3.55. The lowest BCUT2D eigenvalue weighted by Crippen LogP contribution is -2.42. The molecule has 0 bridgehead atoms. The Balaban J connectivity index is 1.76. The highest BCUT2D eigenvalue weighted by atomic mass is 16.3. The van der Waals surface area contributed by atoms with Crippen LogP contribution in [0.5, 0.6) is 0 Å². The molecule has 9 nitrogen and oxygen atoms in total. The SMILES string of the molecule is Cn1cc([C@@H](NC(=O)Cc2c[nH]c(=O)n(C)c2=O)C2CC(O)C2)cn1. The monoisotopic (exact) mass is 347 g/mol. The quantitative estimate of drug-likeness (QED) is 0.639. The third-order valence-corrected chi connectivity index (χ3v) is 4.63. The highest BCUT2D eigenvalue weighted by molar-refractivity contribution is 5.78. The van der Waals surface area contributed by atoms with Gasteiger partial charge in [0.2, 0.25) is 5.91 Å². The van der Waals surface area contributed by atoms with Crippen LogP contribution in [0.1, 0.15) is 30.0 Å². The molecule has 3 N–H and O–H groups in total. The number of nitrogens with one attached hydrogen (secondary N) is 2. The average Bonchev–Trinajstić information content (AvgIpc) is 2.97. The molecule has 1 aliphatic rings. The van der Waals surface area contributed by atoms with Gasteiger partial charge in [-0.05, 0) is 18.8 Å². The molecule has 2 aromatic rings. The van der Waals surface area contributed by atoms with E-state index in [1.807, 2.05) is 6.20 Å². The first kappa shape index (κ1) is 17.2. The number of aromatic nitrogens is 4. The lowest BCUT2D eigenvalue weighted by Gasteiger charge is -2.37. The number of hydrogen-bond acceptors (Lipinski definition) is 5. The van der Waals surface area contributed by atoms with Gasteiger partial charge in [-0.2, -0.15) is 5.10 Å². The molecule has 0 radical (unpaired) electrons. The van der Waals surface area contributed by atoms with Crippen LogP contribution in [0.15, 0.2) is 28.2 Å². The van der Waals surface area contributed by atoms with Crippen molar-refractivity contribution in [2.45, 2.75) is 31.4 Å². The van der Waals surface area contributed by atoms with E-state index in [1.165, 1.54) is 13.2 Å². The van der Waals surface area contributed by atoms with Gasteiger partial charge in [0.25, 0.3) is 5.56 Å². The second kappa shape index (κ2) is 6.67. The molecule has 0 aromatic carbocycles. The molecule has 134 valence electrons. The molecular formula is C16H21N5O4. The summed E-state index contributed by atoms with van der Waals surface area (Å²) >= 11 is 0. The van der Waals surface area contributed by atoms with E-state index in [4.69, 9.17) is 0 Å². The number of carbonyl (C=O) groups is 1. The topological polar surface area (TPSA) is 122 Å². The summed E-state index contributed by atoms with van der Waals surface area (Å²) in [5.74, 6) is -0.194. The van der Waals surface area contributed by atoms with Crippen LogP contribution in [-0.4, -0.2) is 36.4 Å². The van der Waals surface area contributed by atoms with Gasteiger partial charge in [-0.25, -0.2) is 4.79 Å². The Hall–Kier alpha value is -2.68. The Bertz CT molecular complexity index is 890. The summed E-state index contributed by atoms with van der Waals surface area (Å²) in [6.07, 6.45) is 5.54. The van der Waals surface area contributed by atoms with Gasteiger partial charge in [-0.1, -0.05) is 0 Å². The highest BCUT2D eigenvalue weighted by Crippen LogP contribution is 2.37. The molecule has 1 amide bonds. The standard InChI is InChI=1S/C16H21N5O4/c1-20-8-11(7-18-20)14(9-3-12(22)4-9)19-13(23)5-10-6-17-16(25)21(2)15(10)24/h6-9,12,14,22H,3-5H2,1-2H3,(H,17,25)(H,19,23)/t9?,12?,14-/m0/s1. The van der Waals surface area contributed by atoms with Crippen molar-refractivity contribution in [3.63, 3.8) is 0 Å². The Morgan fingerprint density at radius 3 is 2.76 bits per heavy atom. The number of aromatic amines is 1. The summed E-state index contributed by atoms with van der Waals surface area (Å²) in [7, 11) is 3.15. The van der Waals surface area contributed by atoms with Gasteiger partial charge in [0.1, 0.15) is 0 Å². The first-order valence-corrected chi connectivity index (χ1v) is 8.08. The molecule has 0 spiro atoms. The molecule has 0 saturated heterocycles. The maximum Gasteiger partial charge on any atom is 0.328 e. The summed E-state index contributed by atoms with van der Waals surface area (Å²) in [4.78, 5) is 38.3. The molecular weight excluding hydrogens is 326 g/mol. The lowest BCUT2D eigenvalue weighted by atomic mass is 9.75. The van der Waals surface area contributed by atoms with Crippen molar-refractivity contribution in [3.8, 4) is 0 Å². The van der Waals surface area contributed by atoms with Gasteiger partial charge in [0.15, 0.2) is 0 Å². The van der Waals surface area contributed by atoms with Crippen molar-refractivity contribution >= 4 is 5.91 Å². The average molecular weight is 347 g/mol. The van der Waals surface area contributed by atoms with Gasteiger partial charge in [0, 0.05) is 37.6 Å². The molecule has 9 heteroatoms. The minimum absolute atomic E-state index is 0.126. The molecule has 3 rings (SSSR count). The number of H-pyrrole nitrogens is 1.